The number of hydrogen-bond acceptors (Lipinski definition) is 6. The molecule has 3 N–H and O–H groups in total. The largest absolute Gasteiger partial charge is 0.353 e. The summed E-state index contributed by atoms with van der Waals surface area (Å²) in [6.45, 7) is 1.90. The van der Waals surface area contributed by atoms with Gasteiger partial charge < -0.3 is 14.9 Å². The third-order valence-electron chi connectivity index (χ3n) is 3.71. The summed E-state index contributed by atoms with van der Waals surface area (Å²) in [5, 5.41) is 4.25. The Morgan fingerprint density at radius 2 is 2.30 bits per heavy atom. The number of pyridine rings is 1. The summed E-state index contributed by atoms with van der Waals surface area (Å²) in [4.78, 5) is 3.92. The number of anilines is 1. The maximum absolute atomic E-state index is 13.7. The molecule has 8 heteroatoms. The molecule has 0 amide bonds. The van der Waals surface area contributed by atoms with Crippen LogP contribution in [0.4, 0.5) is 10.2 Å². The zero-order valence-corrected chi connectivity index (χ0v) is 12.7. The van der Waals surface area contributed by atoms with E-state index in [0.29, 0.717) is 18.7 Å². The third kappa shape index (κ3) is 4.04. The minimum atomic E-state index is -0.504. The highest BCUT2D eigenvalue weighted by atomic mass is 19.1. The fourth-order valence-corrected chi connectivity index (χ4v) is 2.46. The Hall–Kier alpha value is -2.03. The molecule has 0 aliphatic carbocycles. The van der Waals surface area contributed by atoms with Crippen molar-refractivity contribution in [3.63, 3.8) is 0 Å². The van der Waals surface area contributed by atoms with Gasteiger partial charge in [0.1, 0.15) is 0 Å². The van der Waals surface area contributed by atoms with Gasteiger partial charge in [-0.2, -0.15) is 5.10 Å². The normalized spacial score (nSPS) is 18.1. The second-order valence-electron chi connectivity index (χ2n) is 5.36. The van der Waals surface area contributed by atoms with Crippen molar-refractivity contribution in [3.05, 3.63) is 30.5 Å². The van der Waals surface area contributed by atoms with Crippen LogP contribution >= 0.6 is 0 Å². The number of ether oxygens (including phenoxy) is 2. The molecule has 2 aromatic rings. The van der Waals surface area contributed by atoms with Gasteiger partial charge in [0.05, 0.1) is 19.3 Å². The highest BCUT2D eigenvalue weighted by Crippen LogP contribution is 2.21. The molecule has 3 rings (SSSR count). The van der Waals surface area contributed by atoms with Gasteiger partial charge in [-0.25, -0.2) is 15.2 Å². The van der Waals surface area contributed by atoms with E-state index in [2.05, 4.69) is 15.5 Å². The van der Waals surface area contributed by atoms with Crippen molar-refractivity contribution in [2.75, 3.05) is 18.6 Å². The predicted octanol–water partition coefficient (Wildman–Crippen LogP) is 1.91. The van der Waals surface area contributed by atoms with Crippen molar-refractivity contribution in [3.8, 4) is 11.1 Å². The Labute approximate surface area is 133 Å². The molecule has 1 saturated heterocycles. The minimum Gasteiger partial charge on any atom is -0.353 e. The molecule has 0 spiro atoms. The van der Waals surface area contributed by atoms with E-state index in [9.17, 15) is 4.39 Å². The number of nitrogen functional groups attached to an aromatic ring is 1. The smallest absolute Gasteiger partial charge is 0.176 e. The molecule has 0 radical (unpaired) electrons. The number of hydrogen-bond donors (Lipinski definition) is 2. The first-order valence-electron chi connectivity index (χ1n) is 7.64. The average molecular weight is 321 g/mol. The number of halogens is 1. The summed E-state index contributed by atoms with van der Waals surface area (Å²) >= 11 is 0. The first kappa shape index (κ1) is 15.9. The zero-order chi connectivity index (χ0) is 16.1. The van der Waals surface area contributed by atoms with Crippen LogP contribution in [0.1, 0.15) is 19.3 Å². The summed E-state index contributed by atoms with van der Waals surface area (Å²) in [5.74, 6) is 4.68. The molecule has 3 heterocycles. The van der Waals surface area contributed by atoms with Gasteiger partial charge in [0.15, 0.2) is 17.9 Å². The average Bonchev–Trinajstić information content (AvgIpc) is 3.05. The lowest BCUT2D eigenvalue weighted by Gasteiger charge is -2.22. The maximum Gasteiger partial charge on any atom is 0.176 e. The predicted molar refractivity (Wildman–Crippen MR) is 82.8 cm³/mol. The molecule has 7 nitrogen and oxygen atoms in total. The minimum absolute atomic E-state index is 0.0158. The molecule has 1 fully saturated rings. The van der Waals surface area contributed by atoms with Gasteiger partial charge in [-0.15, -0.1) is 0 Å². The van der Waals surface area contributed by atoms with Crippen LogP contribution in [0.2, 0.25) is 0 Å². The van der Waals surface area contributed by atoms with Gasteiger partial charge in [0.2, 0.25) is 0 Å². The quantitative estimate of drug-likeness (QED) is 0.624. The Morgan fingerprint density at radius 1 is 1.39 bits per heavy atom. The van der Waals surface area contributed by atoms with Crippen molar-refractivity contribution in [2.24, 2.45) is 5.84 Å². The summed E-state index contributed by atoms with van der Waals surface area (Å²) in [5.41, 5.74) is 3.63. The molecule has 1 aliphatic rings. The molecular formula is C15H20FN5O2. The van der Waals surface area contributed by atoms with E-state index in [1.54, 1.807) is 17.1 Å². The second kappa shape index (κ2) is 7.49. The van der Waals surface area contributed by atoms with Gasteiger partial charge in [0, 0.05) is 30.1 Å². The lowest BCUT2D eigenvalue weighted by atomic mass is 10.1. The van der Waals surface area contributed by atoms with Gasteiger partial charge >= 0.3 is 0 Å². The standard InChI is InChI=1S/C15H20FN5O2/c16-13-7-11(8-18-15(13)20-17)12-9-19-21(10-12)4-6-23-14-3-1-2-5-22-14/h7-10,14H,1-6,17H2,(H,18,20). The number of nitrogens with two attached hydrogens (primary N) is 1. The van der Waals surface area contributed by atoms with E-state index >= 15 is 0 Å². The van der Waals surface area contributed by atoms with Crippen molar-refractivity contribution in [2.45, 2.75) is 32.1 Å². The summed E-state index contributed by atoms with van der Waals surface area (Å²) < 4.78 is 26.6. The second-order valence-corrected chi connectivity index (χ2v) is 5.36. The molecule has 124 valence electrons. The molecule has 0 aromatic carbocycles. The Bertz CT molecular complexity index is 643. The van der Waals surface area contributed by atoms with Crippen LogP contribution in [-0.2, 0) is 16.0 Å². The number of hydrazine groups is 1. The first-order chi connectivity index (χ1) is 11.3. The molecule has 1 atom stereocenters. The topological polar surface area (TPSA) is 87.2 Å². The van der Waals surface area contributed by atoms with Gasteiger partial charge in [0.25, 0.3) is 0 Å². The van der Waals surface area contributed by atoms with E-state index in [0.717, 1.165) is 31.4 Å². The van der Waals surface area contributed by atoms with Crippen LogP contribution in [0.3, 0.4) is 0 Å². The van der Waals surface area contributed by atoms with E-state index in [4.69, 9.17) is 15.3 Å². The first-order valence-corrected chi connectivity index (χ1v) is 7.64. The molecule has 1 aliphatic heterocycles. The number of rotatable bonds is 6. The highest BCUT2D eigenvalue weighted by molar-refractivity contribution is 5.62. The van der Waals surface area contributed by atoms with Crippen LogP contribution in [0.5, 0.6) is 0 Å². The van der Waals surface area contributed by atoms with Gasteiger partial charge in [-0.05, 0) is 25.3 Å². The van der Waals surface area contributed by atoms with Gasteiger partial charge in [-0.1, -0.05) is 0 Å². The lowest BCUT2D eigenvalue weighted by molar-refractivity contribution is -0.163. The van der Waals surface area contributed by atoms with E-state index in [1.807, 2.05) is 6.20 Å². The molecule has 2 aromatic heterocycles. The summed E-state index contributed by atoms with van der Waals surface area (Å²) in [6, 6.07) is 1.37. The lowest BCUT2D eigenvalue weighted by Crippen LogP contribution is -2.24. The summed E-state index contributed by atoms with van der Waals surface area (Å²) in [6.07, 6.45) is 8.13. The monoisotopic (exact) mass is 321 g/mol. The number of aromatic nitrogens is 3. The molecule has 0 saturated carbocycles. The van der Waals surface area contributed by atoms with Crippen LogP contribution in [0.15, 0.2) is 24.7 Å². The Kier molecular flexibility index (Phi) is 5.16. The van der Waals surface area contributed by atoms with Crippen molar-refractivity contribution >= 4 is 5.82 Å². The third-order valence-corrected chi connectivity index (χ3v) is 3.71. The fraction of sp³-hybridized carbons (Fsp3) is 0.467. The molecular weight excluding hydrogens is 301 g/mol. The Morgan fingerprint density at radius 3 is 3.04 bits per heavy atom. The van der Waals surface area contributed by atoms with E-state index < -0.39 is 5.82 Å². The van der Waals surface area contributed by atoms with E-state index in [-0.39, 0.29) is 12.1 Å². The SMILES string of the molecule is NNc1ncc(-c2cnn(CCOC3CCCCO3)c2)cc1F. The van der Waals surface area contributed by atoms with E-state index in [1.165, 1.54) is 6.07 Å². The van der Waals surface area contributed by atoms with Crippen LogP contribution in [-0.4, -0.2) is 34.3 Å². The number of nitrogens with one attached hydrogen (secondary N) is 1. The van der Waals surface area contributed by atoms with Crippen molar-refractivity contribution in [1.82, 2.24) is 14.8 Å². The molecule has 23 heavy (non-hydrogen) atoms. The zero-order valence-electron chi connectivity index (χ0n) is 12.7. The Balaban J connectivity index is 1.56. The van der Waals surface area contributed by atoms with Crippen molar-refractivity contribution in [1.29, 1.82) is 0 Å². The summed E-state index contributed by atoms with van der Waals surface area (Å²) in [7, 11) is 0. The number of nitrogens with zero attached hydrogens (tertiary/aromatic N) is 3. The van der Waals surface area contributed by atoms with Gasteiger partial charge in [-0.3, -0.25) is 4.68 Å². The maximum atomic E-state index is 13.7. The highest BCUT2D eigenvalue weighted by Gasteiger charge is 2.14. The fourth-order valence-electron chi connectivity index (χ4n) is 2.46. The van der Waals surface area contributed by atoms with Crippen LogP contribution in [0.25, 0.3) is 11.1 Å². The van der Waals surface area contributed by atoms with Crippen LogP contribution < -0.4 is 11.3 Å². The molecule has 0 bridgehead atoms. The van der Waals surface area contributed by atoms with Crippen molar-refractivity contribution < 1.29 is 13.9 Å². The van der Waals surface area contributed by atoms with Crippen LogP contribution in [0, 0.1) is 5.82 Å². The molecule has 1 unspecified atom stereocenters.